The molecule has 1 aliphatic heterocycles. The van der Waals surface area contributed by atoms with Crippen LogP contribution in [-0.4, -0.2) is 20.2 Å². The second-order valence-electron chi connectivity index (χ2n) is 5.01. The normalized spacial score (nSPS) is 19.1. The standard InChI is InChI=1S/C14H21NO2/c1-11-9-13(10-12(2)14(11)17-3)15(16)7-5-4-6-8-15/h9-10H,4-8H2,1-3H3. The van der Waals surface area contributed by atoms with Crippen LogP contribution in [0.15, 0.2) is 12.1 Å². The molecule has 0 amide bonds. The van der Waals surface area contributed by atoms with Crippen molar-refractivity contribution in [3.63, 3.8) is 0 Å². The van der Waals surface area contributed by atoms with E-state index in [4.69, 9.17) is 4.74 Å². The molecule has 1 saturated heterocycles. The molecule has 3 nitrogen and oxygen atoms in total. The zero-order valence-electron chi connectivity index (χ0n) is 11.0. The van der Waals surface area contributed by atoms with Gasteiger partial charge in [0.25, 0.3) is 0 Å². The highest BCUT2D eigenvalue weighted by Crippen LogP contribution is 2.33. The molecule has 1 aromatic carbocycles. The number of methoxy groups -OCH3 is 1. The van der Waals surface area contributed by atoms with E-state index in [1.54, 1.807) is 7.11 Å². The summed E-state index contributed by atoms with van der Waals surface area (Å²) in [6, 6.07) is 3.98. The second-order valence-corrected chi connectivity index (χ2v) is 5.01. The Labute approximate surface area is 103 Å². The minimum Gasteiger partial charge on any atom is -0.627 e. The van der Waals surface area contributed by atoms with Crippen LogP contribution in [0.4, 0.5) is 5.69 Å². The number of hydrogen-bond donors (Lipinski definition) is 0. The van der Waals surface area contributed by atoms with Gasteiger partial charge in [0.05, 0.1) is 20.2 Å². The average molecular weight is 235 g/mol. The lowest BCUT2D eigenvalue weighted by molar-refractivity contribution is 0.306. The van der Waals surface area contributed by atoms with E-state index in [0.717, 1.165) is 35.4 Å². The first kappa shape index (κ1) is 12.4. The molecule has 94 valence electrons. The first-order chi connectivity index (χ1) is 8.07. The molecule has 0 unspecified atom stereocenters. The number of quaternary nitrogens is 1. The van der Waals surface area contributed by atoms with Gasteiger partial charge in [0.15, 0.2) is 0 Å². The number of nitrogens with zero attached hydrogens (tertiary/aromatic N) is 1. The molecule has 0 bridgehead atoms. The Kier molecular flexibility index (Phi) is 3.40. The summed E-state index contributed by atoms with van der Waals surface area (Å²) in [6.45, 7) is 5.44. The molecule has 0 spiro atoms. The number of benzene rings is 1. The summed E-state index contributed by atoms with van der Waals surface area (Å²) in [5.41, 5.74) is 3.00. The van der Waals surface area contributed by atoms with Crippen molar-refractivity contribution in [3.8, 4) is 5.75 Å². The largest absolute Gasteiger partial charge is 0.627 e. The number of ether oxygens (including phenoxy) is 1. The van der Waals surface area contributed by atoms with Crippen molar-refractivity contribution in [2.75, 3.05) is 20.2 Å². The van der Waals surface area contributed by atoms with Gasteiger partial charge in [-0.05, 0) is 44.2 Å². The summed E-state index contributed by atoms with van der Waals surface area (Å²) in [4.78, 5) is 0. The third kappa shape index (κ3) is 2.31. The lowest BCUT2D eigenvalue weighted by atomic mass is 10.1. The van der Waals surface area contributed by atoms with E-state index in [9.17, 15) is 5.21 Å². The Hall–Kier alpha value is -1.06. The van der Waals surface area contributed by atoms with Crippen LogP contribution in [0.1, 0.15) is 30.4 Å². The molecule has 1 heterocycles. The quantitative estimate of drug-likeness (QED) is 0.582. The van der Waals surface area contributed by atoms with E-state index in [1.165, 1.54) is 6.42 Å². The highest BCUT2D eigenvalue weighted by atomic mass is 16.5. The van der Waals surface area contributed by atoms with E-state index in [0.29, 0.717) is 13.1 Å². The van der Waals surface area contributed by atoms with Crippen LogP contribution >= 0.6 is 0 Å². The van der Waals surface area contributed by atoms with Gasteiger partial charge in [-0.1, -0.05) is 0 Å². The van der Waals surface area contributed by atoms with Crippen molar-refractivity contribution >= 4 is 5.69 Å². The van der Waals surface area contributed by atoms with Gasteiger partial charge in [0.1, 0.15) is 11.4 Å². The lowest BCUT2D eigenvalue weighted by Crippen LogP contribution is -2.47. The molecule has 1 aromatic rings. The van der Waals surface area contributed by atoms with Gasteiger partial charge in [-0.15, -0.1) is 0 Å². The van der Waals surface area contributed by atoms with E-state index in [1.807, 2.05) is 26.0 Å². The fourth-order valence-corrected chi connectivity index (χ4v) is 2.77. The monoisotopic (exact) mass is 235 g/mol. The summed E-state index contributed by atoms with van der Waals surface area (Å²) in [7, 11) is 1.68. The Morgan fingerprint density at radius 2 is 1.59 bits per heavy atom. The highest BCUT2D eigenvalue weighted by molar-refractivity contribution is 5.55. The van der Waals surface area contributed by atoms with Crippen molar-refractivity contribution in [3.05, 3.63) is 28.5 Å². The Morgan fingerprint density at radius 3 is 2.06 bits per heavy atom. The molecule has 1 aliphatic rings. The van der Waals surface area contributed by atoms with Crippen molar-refractivity contribution in [2.24, 2.45) is 0 Å². The third-order valence-corrected chi connectivity index (χ3v) is 3.66. The Balaban J connectivity index is 2.39. The van der Waals surface area contributed by atoms with Gasteiger partial charge < -0.3 is 14.6 Å². The van der Waals surface area contributed by atoms with Gasteiger partial charge in [-0.2, -0.15) is 0 Å². The topological polar surface area (TPSA) is 32.3 Å². The van der Waals surface area contributed by atoms with Crippen LogP contribution in [-0.2, 0) is 0 Å². The highest BCUT2D eigenvalue weighted by Gasteiger charge is 2.24. The van der Waals surface area contributed by atoms with Crippen LogP contribution in [0.5, 0.6) is 5.75 Å². The Bertz CT molecular complexity index is 386. The summed E-state index contributed by atoms with van der Waals surface area (Å²) in [5.74, 6) is 0.900. The number of hydroxylamine groups is 2. The molecule has 0 aliphatic carbocycles. The molecule has 17 heavy (non-hydrogen) atoms. The number of piperidine rings is 1. The molecular weight excluding hydrogens is 214 g/mol. The predicted molar refractivity (Wildman–Crippen MR) is 71.2 cm³/mol. The maximum absolute atomic E-state index is 12.7. The molecule has 0 N–H and O–H groups in total. The predicted octanol–water partition coefficient (Wildman–Crippen LogP) is 3.30. The third-order valence-electron chi connectivity index (χ3n) is 3.66. The van der Waals surface area contributed by atoms with Crippen molar-refractivity contribution < 1.29 is 4.74 Å². The van der Waals surface area contributed by atoms with Gasteiger partial charge in [0, 0.05) is 12.1 Å². The van der Waals surface area contributed by atoms with E-state index < -0.39 is 0 Å². The molecule has 0 saturated carbocycles. The molecule has 0 radical (unpaired) electrons. The zero-order valence-corrected chi connectivity index (χ0v) is 11.0. The fourth-order valence-electron chi connectivity index (χ4n) is 2.77. The summed E-state index contributed by atoms with van der Waals surface area (Å²) in [6.07, 6.45) is 3.26. The van der Waals surface area contributed by atoms with Crippen LogP contribution < -0.4 is 9.38 Å². The average Bonchev–Trinajstić information content (AvgIpc) is 2.29. The molecule has 3 heteroatoms. The first-order valence-corrected chi connectivity index (χ1v) is 6.31. The minimum atomic E-state index is -0.161. The second kappa shape index (κ2) is 4.67. The van der Waals surface area contributed by atoms with Gasteiger partial charge in [0.2, 0.25) is 0 Å². The minimum absolute atomic E-state index is 0.161. The molecule has 1 fully saturated rings. The fraction of sp³-hybridized carbons (Fsp3) is 0.571. The van der Waals surface area contributed by atoms with E-state index in [2.05, 4.69) is 0 Å². The van der Waals surface area contributed by atoms with Crippen LogP contribution in [0.2, 0.25) is 0 Å². The van der Waals surface area contributed by atoms with E-state index >= 15 is 0 Å². The Morgan fingerprint density at radius 1 is 1.06 bits per heavy atom. The summed E-state index contributed by atoms with van der Waals surface area (Å²) in [5, 5.41) is 12.7. The van der Waals surface area contributed by atoms with Gasteiger partial charge in [-0.3, -0.25) is 0 Å². The van der Waals surface area contributed by atoms with Crippen molar-refractivity contribution in [1.29, 1.82) is 0 Å². The summed E-state index contributed by atoms with van der Waals surface area (Å²) >= 11 is 0. The smallest absolute Gasteiger partial charge is 0.133 e. The van der Waals surface area contributed by atoms with Crippen LogP contribution in [0.3, 0.4) is 0 Å². The number of rotatable bonds is 2. The maximum Gasteiger partial charge on any atom is 0.133 e. The van der Waals surface area contributed by atoms with E-state index in [-0.39, 0.29) is 4.65 Å². The van der Waals surface area contributed by atoms with Gasteiger partial charge in [-0.25, -0.2) is 0 Å². The first-order valence-electron chi connectivity index (χ1n) is 6.31. The maximum atomic E-state index is 12.7. The molecule has 0 aromatic heterocycles. The van der Waals surface area contributed by atoms with Gasteiger partial charge >= 0.3 is 0 Å². The lowest BCUT2D eigenvalue weighted by Gasteiger charge is -2.45. The number of hydrogen-bond acceptors (Lipinski definition) is 2. The molecule has 0 atom stereocenters. The SMILES string of the molecule is COc1c(C)cc([N+]2([O-])CCCCC2)cc1C. The van der Waals surface area contributed by atoms with Crippen LogP contribution in [0, 0.1) is 19.1 Å². The number of aryl methyl sites for hydroxylation is 2. The molecule has 2 rings (SSSR count). The summed E-state index contributed by atoms with van der Waals surface area (Å²) < 4.78 is 5.18. The van der Waals surface area contributed by atoms with Crippen LogP contribution in [0.25, 0.3) is 0 Å². The van der Waals surface area contributed by atoms with Crippen molar-refractivity contribution in [1.82, 2.24) is 4.65 Å². The zero-order chi connectivity index (χ0) is 12.5. The molecular formula is C14H21NO2. The van der Waals surface area contributed by atoms with Crippen molar-refractivity contribution in [2.45, 2.75) is 33.1 Å².